The molecule has 0 radical (unpaired) electrons. The van der Waals surface area contributed by atoms with Crippen LogP contribution in [0.4, 0.5) is 17.1 Å². The molecule has 1 fully saturated rings. The van der Waals surface area contributed by atoms with E-state index in [2.05, 4.69) is 23.6 Å². The van der Waals surface area contributed by atoms with Gasteiger partial charge in [0.05, 0.1) is 11.1 Å². The van der Waals surface area contributed by atoms with E-state index in [1.165, 1.54) is 0 Å². The van der Waals surface area contributed by atoms with Gasteiger partial charge in [-0.05, 0) is 74.2 Å². The lowest BCUT2D eigenvalue weighted by molar-refractivity contribution is 0.0202. The van der Waals surface area contributed by atoms with Gasteiger partial charge in [-0.2, -0.15) is 0 Å². The SMILES string of the molecule is CCC1(Nc2cccc3c2C2(OC(=O)c4ccccc42)c2cc(Nc4ccccc4)c(C)cc2O3)CCCO1. The maximum Gasteiger partial charge on any atom is 0.340 e. The molecule has 6 heteroatoms. The van der Waals surface area contributed by atoms with Crippen molar-refractivity contribution in [3.63, 3.8) is 0 Å². The maximum absolute atomic E-state index is 13.5. The summed E-state index contributed by atoms with van der Waals surface area (Å²) in [6.07, 6.45) is 2.70. The minimum absolute atomic E-state index is 0.348. The fourth-order valence-corrected chi connectivity index (χ4v) is 6.20. The number of anilines is 3. The number of rotatable bonds is 5. The summed E-state index contributed by atoms with van der Waals surface area (Å²) < 4.78 is 19.3. The zero-order valence-electron chi connectivity index (χ0n) is 22.0. The number of hydrogen-bond donors (Lipinski definition) is 2. The fourth-order valence-electron chi connectivity index (χ4n) is 6.20. The molecule has 0 bridgehead atoms. The average Bonchev–Trinajstić information content (AvgIpc) is 3.54. The normalized spacial score (nSPS) is 22.5. The van der Waals surface area contributed by atoms with E-state index in [1.54, 1.807) is 0 Å². The first-order chi connectivity index (χ1) is 19.0. The van der Waals surface area contributed by atoms with Crippen LogP contribution in [0.5, 0.6) is 11.5 Å². The van der Waals surface area contributed by atoms with Crippen LogP contribution in [0.25, 0.3) is 0 Å². The largest absolute Gasteiger partial charge is 0.456 e. The van der Waals surface area contributed by atoms with Gasteiger partial charge in [0, 0.05) is 34.8 Å². The van der Waals surface area contributed by atoms with Gasteiger partial charge in [0.15, 0.2) is 5.60 Å². The number of para-hydroxylation sites is 1. The van der Waals surface area contributed by atoms with Gasteiger partial charge in [-0.15, -0.1) is 0 Å². The number of ether oxygens (including phenoxy) is 3. The molecule has 1 saturated heterocycles. The van der Waals surface area contributed by atoms with Gasteiger partial charge in [0.1, 0.15) is 17.2 Å². The Balaban J connectivity index is 1.47. The number of nitrogens with one attached hydrogen (secondary N) is 2. The van der Waals surface area contributed by atoms with Gasteiger partial charge in [0.2, 0.25) is 0 Å². The molecule has 0 amide bonds. The molecule has 4 aromatic rings. The van der Waals surface area contributed by atoms with Crippen molar-refractivity contribution in [1.82, 2.24) is 0 Å². The van der Waals surface area contributed by atoms with Gasteiger partial charge in [0.25, 0.3) is 0 Å². The predicted octanol–water partition coefficient (Wildman–Crippen LogP) is 7.64. The van der Waals surface area contributed by atoms with Crippen LogP contribution in [0.2, 0.25) is 0 Å². The summed E-state index contributed by atoms with van der Waals surface area (Å²) in [4.78, 5) is 13.5. The number of hydrogen-bond acceptors (Lipinski definition) is 6. The quantitative estimate of drug-likeness (QED) is 0.265. The molecule has 0 aliphatic carbocycles. The number of aryl methyl sites for hydroxylation is 1. The van der Waals surface area contributed by atoms with Crippen molar-refractivity contribution in [2.24, 2.45) is 0 Å². The van der Waals surface area contributed by atoms with Crippen LogP contribution in [0.1, 0.15) is 58.8 Å². The lowest BCUT2D eigenvalue weighted by Gasteiger charge is -2.40. The van der Waals surface area contributed by atoms with Gasteiger partial charge in [-0.25, -0.2) is 4.79 Å². The van der Waals surface area contributed by atoms with Crippen LogP contribution in [0.15, 0.2) is 84.9 Å². The standard InChI is InChI=1S/C33H30N2O4/c1-3-32(17-10-18-37-32)35-26-15-9-16-28-30(26)33(24-14-8-7-13-23(24)31(36)39-33)25-20-27(21(2)19-29(25)38-28)34-22-11-5-4-6-12-22/h4-9,11-16,19-20,34-35H,3,10,17-18H2,1-2H3. The van der Waals surface area contributed by atoms with Crippen molar-refractivity contribution >= 4 is 23.0 Å². The average molecular weight is 519 g/mol. The molecule has 3 heterocycles. The zero-order chi connectivity index (χ0) is 26.6. The van der Waals surface area contributed by atoms with Crippen molar-refractivity contribution < 1.29 is 19.0 Å². The van der Waals surface area contributed by atoms with Crippen molar-refractivity contribution in [2.45, 2.75) is 44.4 Å². The zero-order valence-corrected chi connectivity index (χ0v) is 22.0. The highest BCUT2D eigenvalue weighted by Gasteiger charge is 2.55. The first-order valence-electron chi connectivity index (χ1n) is 13.6. The summed E-state index contributed by atoms with van der Waals surface area (Å²) in [5.41, 5.74) is 5.02. The summed E-state index contributed by atoms with van der Waals surface area (Å²) in [5.74, 6) is 0.978. The number of carbonyl (C=O) groups excluding carboxylic acids is 1. The summed E-state index contributed by atoms with van der Waals surface area (Å²) >= 11 is 0. The molecular weight excluding hydrogens is 488 g/mol. The fraction of sp³-hybridized carbons (Fsp3) is 0.242. The Hall–Kier alpha value is -4.29. The van der Waals surface area contributed by atoms with Crippen molar-refractivity contribution in [3.05, 3.63) is 113 Å². The highest BCUT2D eigenvalue weighted by Crippen LogP contribution is 2.59. The Morgan fingerprint density at radius 1 is 0.872 bits per heavy atom. The van der Waals surface area contributed by atoms with Crippen LogP contribution in [0, 0.1) is 6.92 Å². The second-order valence-electron chi connectivity index (χ2n) is 10.5. The van der Waals surface area contributed by atoms with Crippen LogP contribution in [-0.4, -0.2) is 18.3 Å². The number of benzene rings is 4. The van der Waals surface area contributed by atoms with Gasteiger partial charge in [-0.3, -0.25) is 0 Å². The number of esters is 1. The van der Waals surface area contributed by atoms with Crippen LogP contribution < -0.4 is 15.4 Å². The highest BCUT2D eigenvalue weighted by molar-refractivity contribution is 5.97. The van der Waals surface area contributed by atoms with Crippen molar-refractivity contribution in [3.8, 4) is 11.5 Å². The van der Waals surface area contributed by atoms with E-state index in [9.17, 15) is 4.79 Å². The lowest BCUT2D eigenvalue weighted by Crippen LogP contribution is -2.39. The molecule has 196 valence electrons. The molecule has 0 aromatic heterocycles. The first kappa shape index (κ1) is 23.8. The van der Waals surface area contributed by atoms with Crippen LogP contribution in [0.3, 0.4) is 0 Å². The summed E-state index contributed by atoms with van der Waals surface area (Å²) in [6.45, 7) is 4.89. The summed E-state index contributed by atoms with van der Waals surface area (Å²) in [6, 6.07) is 27.7. The van der Waals surface area contributed by atoms with Crippen molar-refractivity contribution in [1.29, 1.82) is 0 Å². The molecular formula is C33H30N2O4. The molecule has 3 aliphatic rings. The number of fused-ring (bicyclic) bond motifs is 6. The molecule has 0 saturated carbocycles. The third-order valence-corrected chi connectivity index (χ3v) is 8.17. The van der Waals surface area contributed by atoms with Crippen LogP contribution in [-0.2, 0) is 15.1 Å². The van der Waals surface area contributed by atoms with E-state index in [-0.39, 0.29) is 5.97 Å². The van der Waals surface area contributed by atoms with E-state index in [0.717, 1.165) is 58.6 Å². The second kappa shape index (κ2) is 8.89. The first-order valence-corrected chi connectivity index (χ1v) is 13.6. The predicted molar refractivity (Wildman–Crippen MR) is 151 cm³/mol. The molecule has 4 aromatic carbocycles. The van der Waals surface area contributed by atoms with E-state index in [1.807, 2.05) is 85.8 Å². The highest BCUT2D eigenvalue weighted by atomic mass is 16.6. The van der Waals surface area contributed by atoms with E-state index in [0.29, 0.717) is 23.7 Å². The second-order valence-corrected chi connectivity index (χ2v) is 10.5. The van der Waals surface area contributed by atoms with Crippen molar-refractivity contribution in [2.75, 3.05) is 17.2 Å². The Morgan fingerprint density at radius 2 is 1.69 bits per heavy atom. The molecule has 2 N–H and O–H groups in total. The molecule has 3 aliphatic heterocycles. The smallest absolute Gasteiger partial charge is 0.340 e. The monoisotopic (exact) mass is 518 g/mol. The maximum atomic E-state index is 13.5. The Labute approximate surface area is 227 Å². The molecule has 6 nitrogen and oxygen atoms in total. The lowest BCUT2D eigenvalue weighted by atomic mass is 9.76. The summed E-state index contributed by atoms with van der Waals surface area (Å²) in [7, 11) is 0. The Kier molecular flexibility index (Phi) is 5.42. The van der Waals surface area contributed by atoms with Gasteiger partial charge >= 0.3 is 5.97 Å². The minimum atomic E-state index is -1.19. The van der Waals surface area contributed by atoms with E-state index < -0.39 is 11.3 Å². The van der Waals surface area contributed by atoms with Gasteiger partial charge in [-0.1, -0.05) is 49.4 Å². The summed E-state index contributed by atoms with van der Waals surface area (Å²) in [5, 5.41) is 7.26. The third-order valence-electron chi connectivity index (χ3n) is 8.17. The Bertz CT molecular complexity index is 1590. The van der Waals surface area contributed by atoms with E-state index in [4.69, 9.17) is 14.2 Å². The minimum Gasteiger partial charge on any atom is -0.456 e. The third kappa shape index (κ3) is 3.62. The topological polar surface area (TPSA) is 68.8 Å². The number of carbonyl (C=O) groups is 1. The molecule has 39 heavy (non-hydrogen) atoms. The van der Waals surface area contributed by atoms with E-state index >= 15 is 0 Å². The van der Waals surface area contributed by atoms with Gasteiger partial charge < -0.3 is 24.8 Å². The van der Waals surface area contributed by atoms with Crippen LogP contribution >= 0.6 is 0 Å². The molecule has 7 rings (SSSR count). The molecule has 2 atom stereocenters. The molecule has 1 spiro atoms. The molecule has 2 unspecified atom stereocenters. The Morgan fingerprint density at radius 3 is 2.49 bits per heavy atom.